The normalized spacial score (nSPS) is 22.0. The van der Waals surface area contributed by atoms with E-state index in [9.17, 15) is 14.4 Å². The molecule has 0 aliphatic carbocycles. The maximum atomic E-state index is 17.1. The highest BCUT2D eigenvalue weighted by Crippen LogP contribution is 2.45. The molecule has 6 heterocycles. The maximum absolute atomic E-state index is 17.1. The Bertz CT molecular complexity index is 2050. The van der Waals surface area contributed by atoms with Gasteiger partial charge in [0.15, 0.2) is 5.82 Å². The molecule has 0 saturated carbocycles. The summed E-state index contributed by atoms with van der Waals surface area (Å²) in [7, 11) is -5.03. The third-order valence-corrected chi connectivity index (χ3v) is 10.9. The number of hydrogen-bond donors (Lipinski definition) is 3. The summed E-state index contributed by atoms with van der Waals surface area (Å²) >= 11 is 6.89. The fourth-order valence-electron chi connectivity index (χ4n) is 8.13. The number of rotatable bonds is 7. The molecule has 15 heteroatoms. The van der Waals surface area contributed by atoms with Crippen molar-refractivity contribution in [2.75, 3.05) is 37.7 Å². The minimum Gasteiger partial charge on any atom is -0.461 e. The van der Waals surface area contributed by atoms with Gasteiger partial charge in [-0.2, -0.15) is 9.97 Å². The summed E-state index contributed by atoms with van der Waals surface area (Å²) in [6.45, 7) is 3.62. The monoisotopic (exact) mass is 696 g/mol. The second-order valence-corrected chi connectivity index (χ2v) is 14.6. The van der Waals surface area contributed by atoms with Gasteiger partial charge in [-0.1, -0.05) is 23.6 Å². The molecule has 2 atom stereocenters. The standard InChI is InChI=1S/C33H32ClF2N6O5P/c1-2-22-24(35)8-5-18-13-21(47-48(43,44)45)14-23(25(18)22)28-27(36)29-26(30(34)38-28)31(41-15-19-6-7-20(16-41)37-19)40-32(39-29)46-17-33-9-3-11-42(33)12-4-10-33/h1,5,8,13-14,19-20,37H,3-4,6-7,9-12,15-17H2,(H2,43,44,45). The summed E-state index contributed by atoms with van der Waals surface area (Å²) in [4.78, 5) is 37.4. The van der Waals surface area contributed by atoms with E-state index in [0.717, 1.165) is 63.7 Å². The predicted octanol–water partition coefficient (Wildman–Crippen LogP) is 5.18. The fraction of sp³-hybridized carbons (Fsp3) is 0.424. The van der Waals surface area contributed by atoms with E-state index in [1.165, 1.54) is 12.1 Å². The highest BCUT2D eigenvalue weighted by molar-refractivity contribution is 7.46. The number of nitrogens with one attached hydrogen (secondary N) is 1. The number of phosphoric ester groups is 1. The molecule has 2 aromatic heterocycles. The summed E-state index contributed by atoms with van der Waals surface area (Å²) in [5.74, 6) is 0.747. The van der Waals surface area contributed by atoms with Gasteiger partial charge in [0.2, 0.25) is 0 Å². The number of phosphoric acid groups is 1. The van der Waals surface area contributed by atoms with Crippen LogP contribution in [-0.4, -0.2) is 80.0 Å². The molecule has 4 aliphatic rings. The number of pyridine rings is 1. The van der Waals surface area contributed by atoms with Crippen molar-refractivity contribution >= 4 is 46.9 Å². The lowest BCUT2D eigenvalue weighted by Gasteiger charge is -2.35. The summed E-state index contributed by atoms with van der Waals surface area (Å²) in [6, 6.07) is 5.36. The Morgan fingerprint density at radius 1 is 1.08 bits per heavy atom. The van der Waals surface area contributed by atoms with Crippen LogP contribution in [0.4, 0.5) is 14.6 Å². The van der Waals surface area contributed by atoms with Crippen LogP contribution in [0.1, 0.15) is 44.1 Å². The van der Waals surface area contributed by atoms with Gasteiger partial charge < -0.3 is 19.5 Å². The number of terminal acetylenes is 1. The third-order valence-electron chi connectivity index (χ3n) is 10.2. The molecular formula is C33H32ClF2N6O5P. The zero-order valence-electron chi connectivity index (χ0n) is 25.8. The molecule has 2 aromatic carbocycles. The van der Waals surface area contributed by atoms with Crippen LogP contribution in [0.2, 0.25) is 5.15 Å². The van der Waals surface area contributed by atoms with Crippen molar-refractivity contribution in [2.45, 2.75) is 56.1 Å². The average Bonchev–Trinajstić information content (AvgIpc) is 3.73. The molecule has 4 aliphatic heterocycles. The molecule has 4 fully saturated rings. The van der Waals surface area contributed by atoms with Crippen LogP contribution in [0, 0.1) is 24.0 Å². The van der Waals surface area contributed by atoms with Gasteiger partial charge in [-0.3, -0.25) is 14.7 Å². The molecule has 4 saturated heterocycles. The fourth-order valence-corrected chi connectivity index (χ4v) is 8.76. The second-order valence-electron chi connectivity index (χ2n) is 13.1. The SMILES string of the molecule is C#Cc1c(F)ccc2cc(OP(=O)(O)O)cc(-c3nc(Cl)c4c(N5CC6CCC(C5)N6)nc(OCC56CCCN5CCC6)nc4c3F)c12. The topological polar surface area (TPSA) is 133 Å². The van der Waals surface area contributed by atoms with Crippen LogP contribution in [0.15, 0.2) is 24.3 Å². The number of nitrogens with zero attached hydrogens (tertiary/aromatic N) is 5. The van der Waals surface area contributed by atoms with E-state index in [1.54, 1.807) is 0 Å². The van der Waals surface area contributed by atoms with Gasteiger partial charge in [0.05, 0.1) is 16.5 Å². The zero-order valence-corrected chi connectivity index (χ0v) is 27.4. The van der Waals surface area contributed by atoms with Crippen LogP contribution >= 0.6 is 19.4 Å². The lowest BCUT2D eigenvalue weighted by atomic mass is 9.95. The first kappa shape index (κ1) is 31.6. The summed E-state index contributed by atoms with van der Waals surface area (Å²) in [5.41, 5.74) is -0.901. The molecule has 11 nitrogen and oxygen atoms in total. The Morgan fingerprint density at radius 3 is 2.50 bits per heavy atom. The van der Waals surface area contributed by atoms with Gasteiger partial charge in [-0.25, -0.2) is 18.3 Å². The molecule has 250 valence electrons. The van der Waals surface area contributed by atoms with E-state index in [4.69, 9.17) is 32.3 Å². The van der Waals surface area contributed by atoms with E-state index >= 15 is 8.78 Å². The van der Waals surface area contributed by atoms with Crippen molar-refractivity contribution in [2.24, 2.45) is 0 Å². The minimum absolute atomic E-state index is 0.00224. The van der Waals surface area contributed by atoms with Crippen LogP contribution in [0.5, 0.6) is 11.8 Å². The number of anilines is 1. The molecular weight excluding hydrogens is 665 g/mol. The average molecular weight is 697 g/mol. The van der Waals surface area contributed by atoms with Crippen LogP contribution in [0.3, 0.4) is 0 Å². The smallest absolute Gasteiger partial charge is 0.461 e. The summed E-state index contributed by atoms with van der Waals surface area (Å²) < 4.78 is 55.1. The Kier molecular flexibility index (Phi) is 7.75. The maximum Gasteiger partial charge on any atom is 0.524 e. The largest absolute Gasteiger partial charge is 0.524 e. The van der Waals surface area contributed by atoms with Gasteiger partial charge in [-0.15, -0.1) is 6.42 Å². The number of halogens is 3. The second kappa shape index (κ2) is 11.8. The molecule has 4 aromatic rings. The number of fused-ring (bicyclic) bond motifs is 5. The van der Waals surface area contributed by atoms with Gasteiger partial charge in [0.1, 0.15) is 40.4 Å². The van der Waals surface area contributed by atoms with Gasteiger partial charge in [0, 0.05) is 36.1 Å². The van der Waals surface area contributed by atoms with Crippen molar-refractivity contribution in [1.82, 2.24) is 25.2 Å². The first-order valence-corrected chi connectivity index (χ1v) is 17.9. The molecule has 0 amide bonds. The lowest BCUT2D eigenvalue weighted by molar-refractivity contribution is 0.108. The first-order chi connectivity index (χ1) is 23.0. The Hall–Kier alpha value is -3.63. The minimum atomic E-state index is -5.03. The van der Waals surface area contributed by atoms with Crippen LogP contribution < -0.4 is 19.5 Å². The third kappa shape index (κ3) is 5.45. The molecule has 3 N–H and O–H groups in total. The Labute approximate surface area is 279 Å². The number of hydrogen-bond acceptors (Lipinski definition) is 9. The highest BCUT2D eigenvalue weighted by atomic mass is 35.5. The van der Waals surface area contributed by atoms with E-state index in [-0.39, 0.29) is 73.0 Å². The van der Waals surface area contributed by atoms with E-state index in [1.807, 2.05) is 0 Å². The van der Waals surface area contributed by atoms with Gasteiger partial charge >= 0.3 is 13.8 Å². The molecule has 2 bridgehead atoms. The highest BCUT2D eigenvalue weighted by Gasteiger charge is 2.45. The first-order valence-electron chi connectivity index (χ1n) is 16.0. The van der Waals surface area contributed by atoms with E-state index in [0.29, 0.717) is 25.5 Å². The van der Waals surface area contributed by atoms with Crippen molar-refractivity contribution in [3.8, 4) is 35.4 Å². The number of piperazine rings is 1. The zero-order chi connectivity index (χ0) is 33.4. The van der Waals surface area contributed by atoms with Crippen LogP contribution in [0.25, 0.3) is 32.9 Å². The van der Waals surface area contributed by atoms with E-state index < -0.39 is 19.5 Å². The Morgan fingerprint density at radius 2 is 1.81 bits per heavy atom. The number of ether oxygens (including phenoxy) is 1. The quantitative estimate of drug-likeness (QED) is 0.134. The van der Waals surface area contributed by atoms with Crippen molar-refractivity contribution in [1.29, 1.82) is 0 Å². The molecule has 8 rings (SSSR count). The molecule has 48 heavy (non-hydrogen) atoms. The predicted molar refractivity (Wildman–Crippen MR) is 176 cm³/mol. The summed E-state index contributed by atoms with van der Waals surface area (Å²) in [5, 5.41) is 4.00. The van der Waals surface area contributed by atoms with Crippen molar-refractivity contribution in [3.05, 3.63) is 46.6 Å². The lowest BCUT2D eigenvalue weighted by Crippen LogP contribution is -2.51. The van der Waals surface area contributed by atoms with Gasteiger partial charge in [0.25, 0.3) is 0 Å². The molecule has 0 radical (unpaired) electrons. The van der Waals surface area contributed by atoms with Crippen molar-refractivity contribution in [3.63, 3.8) is 0 Å². The van der Waals surface area contributed by atoms with Crippen molar-refractivity contribution < 1.29 is 32.4 Å². The number of aromatic nitrogens is 3. The van der Waals surface area contributed by atoms with Crippen LogP contribution in [-0.2, 0) is 4.57 Å². The Balaban J connectivity index is 1.32. The summed E-state index contributed by atoms with van der Waals surface area (Å²) in [6.07, 6.45) is 11.9. The van der Waals surface area contributed by atoms with Gasteiger partial charge in [-0.05, 0) is 75.2 Å². The number of benzene rings is 2. The van der Waals surface area contributed by atoms with E-state index in [2.05, 4.69) is 31.0 Å². The molecule has 0 spiro atoms. The molecule has 2 unspecified atom stereocenters.